The zero-order chi connectivity index (χ0) is 23.3. The van der Waals surface area contributed by atoms with Crippen molar-refractivity contribution in [2.75, 3.05) is 23.1 Å². The maximum Gasteiger partial charge on any atom is 0.255 e. The minimum absolute atomic E-state index is 0.0518. The Bertz CT molecular complexity index is 1280. The van der Waals surface area contributed by atoms with Crippen molar-refractivity contribution < 1.29 is 18.0 Å². The van der Waals surface area contributed by atoms with Gasteiger partial charge in [0.2, 0.25) is 0 Å². The number of sulfone groups is 1. The van der Waals surface area contributed by atoms with Crippen molar-refractivity contribution in [1.82, 2.24) is 0 Å². The molecule has 0 aliphatic rings. The van der Waals surface area contributed by atoms with Crippen LogP contribution in [0.5, 0.6) is 0 Å². The Morgan fingerprint density at radius 3 is 2.22 bits per heavy atom. The van der Waals surface area contributed by atoms with Gasteiger partial charge in [-0.15, -0.1) is 0 Å². The standard InChI is InChI=1S/C23H21ClN2O4S2/c1-31-14-15-5-3-6-16(11-15)22(27)25-18-9-10-21(20(24)13-18)26-23(28)17-7-4-8-19(12-17)32(2,29)30/h3-13H,14H2,1-2H3,(H,25,27)(H,26,28). The third-order valence-corrected chi connectivity index (χ3v) is 6.54. The largest absolute Gasteiger partial charge is 0.322 e. The summed E-state index contributed by atoms with van der Waals surface area (Å²) >= 11 is 7.97. The number of nitrogens with one attached hydrogen (secondary N) is 2. The molecule has 0 bridgehead atoms. The second kappa shape index (κ2) is 10.2. The zero-order valence-corrected chi connectivity index (χ0v) is 19.8. The minimum Gasteiger partial charge on any atom is -0.322 e. The predicted molar refractivity (Wildman–Crippen MR) is 131 cm³/mol. The van der Waals surface area contributed by atoms with Gasteiger partial charge in [-0.25, -0.2) is 8.42 Å². The van der Waals surface area contributed by atoms with Gasteiger partial charge in [0.25, 0.3) is 11.8 Å². The summed E-state index contributed by atoms with van der Waals surface area (Å²) in [6.45, 7) is 0. The molecule has 0 fully saturated rings. The van der Waals surface area contributed by atoms with Gasteiger partial charge in [0.15, 0.2) is 9.84 Å². The molecular weight excluding hydrogens is 468 g/mol. The monoisotopic (exact) mass is 488 g/mol. The van der Waals surface area contributed by atoms with Crippen molar-refractivity contribution in [2.24, 2.45) is 0 Å². The van der Waals surface area contributed by atoms with Gasteiger partial charge in [-0.1, -0.05) is 29.8 Å². The number of hydrogen-bond donors (Lipinski definition) is 2. The number of carbonyl (C=O) groups is 2. The number of carbonyl (C=O) groups excluding carboxylic acids is 2. The van der Waals surface area contributed by atoms with E-state index in [9.17, 15) is 18.0 Å². The van der Waals surface area contributed by atoms with Gasteiger partial charge < -0.3 is 10.6 Å². The van der Waals surface area contributed by atoms with Crippen LogP contribution in [0.2, 0.25) is 5.02 Å². The fourth-order valence-corrected chi connectivity index (χ4v) is 4.34. The first-order chi connectivity index (χ1) is 15.2. The molecule has 166 valence electrons. The molecular formula is C23H21ClN2O4S2. The maximum atomic E-state index is 12.6. The molecule has 0 aliphatic carbocycles. The number of benzene rings is 3. The maximum absolute atomic E-state index is 12.6. The van der Waals surface area contributed by atoms with E-state index in [1.54, 1.807) is 30.0 Å². The Morgan fingerprint density at radius 1 is 0.906 bits per heavy atom. The molecule has 32 heavy (non-hydrogen) atoms. The second-order valence-corrected chi connectivity index (χ2v) is 10.3. The van der Waals surface area contributed by atoms with Crippen LogP contribution in [0.1, 0.15) is 26.3 Å². The molecule has 2 N–H and O–H groups in total. The molecule has 0 unspecified atom stereocenters. The van der Waals surface area contributed by atoms with Crippen molar-refractivity contribution >= 4 is 56.4 Å². The Hall–Kier alpha value is -2.81. The Morgan fingerprint density at radius 2 is 1.56 bits per heavy atom. The normalized spacial score (nSPS) is 11.1. The molecule has 9 heteroatoms. The van der Waals surface area contributed by atoms with Gasteiger partial charge in [0, 0.05) is 28.8 Å². The van der Waals surface area contributed by atoms with Crippen LogP contribution in [0.4, 0.5) is 11.4 Å². The van der Waals surface area contributed by atoms with Crippen LogP contribution in [0, 0.1) is 0 Å². The number of thioether (sulfide) groups is 1. The van der Waals surface area contributed by atoms with E-state index in [4.69, 9.17) is 11.6 Å². The lowest BCUT2D eigenvalue weighted by Gasteiger charge is -2.11. The number of halogens is 1. The first-order valence-corrected chi connectivity index (χ1v) is 13.1. The Labute approximate surface area is 196 Å². The number of amides is 2. The smallest absolute Gasteiger partial charge is 0.255 e. The molecule has 0 spiro atoms. The first-order valence-electron chi connectivity index (χ1n) is 9.47. The average Bonchev–Trinajstić information content (AvgIpc) is 2.75. The first kappa shape index (κ1) is 23.8. The molecule has 3 aromatic carbocycles. The van der Waals surface area contributed by atoms with Crippen LogP contribution >= 0.6 is 23.4 Å². The van der Waals surface area contributed by atoms with Gasteiger partial charge in [-0.2, -0.15) is 11.8 Å². The van der Waals surface area contributed by atoms with Crippen LogP contribution in [0.15, 0.2) is 71.6 Å². The molecule has 0 aliphatic heterocycles. The molecule has 0 saturated heterocycles. The van der Waals surface area contributed by atoms with Crippen LogP contribution < -0.4 is 10.6 Å². The average molecular weight is 489 g/mol. The lowest BCUT2D eigenvalue weighted by molar-refractivity contribution is 0.101. The fourth-order valence-electron chi connectivity index (χ4n) is 2.93. The summed E-state index contributed by atoms with van der Waals surface area (Å²) in [5, 5.41) is 5.68. The molecule has 0 aromatic heterocycles. The topological polar surface area (TPSA) is 92.3 Å². The number of hydrogen-bond acceptors (Lipinski definition) is 5. The molecule has 0 radical (unpaired) electrons. The van der Waals surface area contributed by atoms with Gasteiger partial charge in [0.1, 0.15) is 0 Å². The summed E-state index contributed by atoms with van der Waals surface area (Å²) in [4.78, 5) is 25.2. The van der Waals surface area contributed by atoms with Crippen molar-refractivity contribution in [2.45, 2.75) is 10.6 Å². The molecule has 3 aromatic rings. The molecule has 2 amide bonds. The van der Waals surface area contributed by atoms with E-state index < -0.39 is 15.7 Å². The highest BCUT2D eigenvalue weighted by Gasteiger charge is 2.14. The second-order valence-electron chi connectivity index (χ2n) is 7.04. The Kier molecular flexibility index (Phi) is 7.60. The van der Waals surface area contributed by atoms with Crippen LogP contribution in [-0.4, -0.2) is 32.7 Å². The van der Waals surface area contributed by atoms with E-state index in [-0.39, 0.29) is 21.4 Å². The molecule has 0 heterocycles. The van der Waals surface area contributed by atoms with Crippen molar-refractivity contribution in [3.63, 3.8) is 0 Å². The van der Waals surface area contributed by atoms with E-state index in [0.29, 0.717) is 16.9 Å². The van der Waals surface area contributed by atoms with E-state index in [0.717, 1.165) is 17.6 Å². The van der Waals surface area contributed by atoms with Crippen molar-refractivity contribution in [3.8, 4) is 0 Å². The van der Waals surface area contributed by atoms with E-state index in [1.165, 1.54) is 30.3 Å². The van der Waals surface area contributed by atoms with Crippen LogP contribution in [-0.2, 0) is 15.6 Å². The van der Waals surface area contributed by atoms with Gasteiger partial charge in [0.05, 0.1) is 15.6 Å². The molecule has 0 atom stereocenters. The molecule has 3 rings (SSSR count). The van der Waals surface area contributed by atoms with Crippen molar-refractivity contribution in [1.29, 1.82) is 0 Å². The zero-order valence-electron chi connectivity index (χ0n) is 17.4. The Balaban J connectivity index is 1.72. The van der Waals surface area contributed by atoms with Crippen LogP contribution in [0.3, 0.4) is 0 Å². The summed E-state index contributed by atoms with van der Waals surface area (Å²) in [5.74, 6) is 0.0484. The van der Waals surface area contributed by atoms with Gasteiger partial charge in [-0.3, -0.25) is 9.59 Å². The predicted octanol–water partition coefficient (Wildman–Crippen LogP) is 5.11. The minimum atomic E-state index is -3.43. The number of rotatable bonds is 7. The van der Waals surface area contributed by atoms with Crippen LogP contribution in [0.25, 0.3) is 0 Å². The van der Waals surface area contributed by atoms with E-state index in [2.05, 4.69) is 10.6 Å². The van der Waals surface area contributed by atoms with Gasteiger partial charge >= 0.3 is 0 Å². The highest BCUT2D eigenvalue weighted by atomic mass is 35.5. The fraction of sp³-hybridized carbons (Fsp3) is 0.130. The lowest BCUT2D eigenvalue weighted by atomic mass is 10.1. The van der Waals surface area contributed by atoms with Gasteiger partial charge in [-0.05, 0) is 60.4 Å². The summed E-state index contributed by atoms with van der Waals surface area (Å²) in [6, 6.07) is 17.8. The van der Waals surface area contributed by atoms with Crippen molar-refractivity contribution in [3.05, 3.63) is 88.4 Å². The highest BCUT2D eigenvalue weighted by molar-refractivity contribution is 7.97. The number of anilines is 2. The third kappa shape index (κ3) is 6.12. The summed E-state index contributed by atoms with van der Waals surface area (Å²) in [5.41, 5.74) is 2.59. The quantitative estimate of drug-likeness (QED) is 0.482. The molecule has 0 saturated carbocycles. The highest BCUT2D eigenvalue weighted by Crippen LogP contribution is 2.27. The third-order valence-electron chi connectivity index (χ3n) is 4.50. The molecule has 6 nitrogen and oxygen atoms in total. The summed E-state index contributed by atoms with van der Waals surface area (Å²) in [6.07, 6.45) is 3.07. The summed E-state index contributed by atoms with van der Waals surface area (Å²) in [7, 11) is -3.43. The summed E-state index contributed by atoms with van der Waals surface area (Å²) < 4.78 is 23.4. The lowest BCUT2D eigenvalue weighted by Crippen LogP contribution is -2.14. The SMILES string of the molecule is CSCc1cccc(C(=O)Nc2ccc(NC(=O)c3cccc(S(C)(=O)=O)c3)c(Cl)c2)c1. The van der Waals surface area contributed by atoms with E-state index in [1.807, 2.05) is 24.5 Å². The van der Waals surface area contributed by atoms with E-state index >= 15 is 0 Å².